The van der Waals surface area contributed by atoms with Crippen molar-refractivity contribution in [3.05, 3.63) is 146 Å². The lowest BCUT2D eigenvalue weighted by molar-refractivity contribution is -0.161. The van der Waals surface area contributed by atoms with Gasteiger partial charge in [0.05, 0.1) is 19.8 Å². The number of hydrogen-bond acceptors (Lipinski definition) is 10. The molecule has 0 aromatic carbocycles. The van der Waals surface area contributed by atoms with Crippen LogP contribution in [0.3, 0.4) is 0 Å². The van der Waals surface area contributed by atoms with Gasteiger partial charge in [-0.25, -0.2) is 4.57 Å². The molecule has 0 spiro atoms. The van der Waals surface area contributed by atoms with Crippen LogP contribution in [0.25, 0.3) is 0 Å². The van der Waals surface area contributed by atoms with E-state index >= 15 is 0 Å². The summed E-state index contributed by atoms with van der Waals surface area (Å²) in [7, 11) is -4.79. The fraction of sp³-hybridized carbons (Fsp3) is 0.578. The van der Waals surface area contributed by atoms with Gasteiger partial charge in [0.25, 0.3) is 0 Å². The Labute approximate surface area is 461 Å². The zero-order chi connectivity index (χ0) is 55.5. The van der Waals surface area contributed by atoms with E-state index in [4.69, 9.17) is 23.3 Å². The lowest BCUT2D eigenvalue weighted by atomic mass is 10.1. The first kappa shape index (κ1) is 71.4. The van der Waals surface area contributed by atoms with Gasteiger partial charge in [-0.3, -0.25) is 23.4 Å². The van der Waals surface area contributed by atoms with Crippen molar-refractivity contribution in [3.8, 4) is 0 Å². The molecule has 0 rings (SSSR count). The van der Waals surface area contributed by atoms with Crippen molar-refractivity contribution >= 4 is 25.7 Å². The molecule has 0 fully saturated rings. The van der Waals surface area contributed by atoms with Gasteiger partial charge in [-0.05, 0) is 122 Å². The van der Waals surface area contributed by atoms with Gasteiger partial charge < -0.3 is 24.2 Å². The zero-order valence-corrected chi connectivity index (χ0v) is 48.0. The minimum atomic E-state index is -4.79. The summed E-state index contributed by atoms with van der Waals surface area (Å²) >= 11 is 0. The third-order valence-electron chi connectivity index (χ3n) is 11.2. The highest BCUT2D eigenvalue weighted by atomic mass is 31.2. The molecule has 428 valence electrons. The Morgan fingerprint density at radius 3 is 1.17 bits per heavy atom. The monoisotopic (exact) mass is 1080 g/mol. The van der Waals surface area contributed by atoms with E-state index in [2.05, 4.69) is 142 Å². The quantitative estimate of drug-likeness (QED) is 0.0197. The Morgan fingerprint density at radius 1 is 0.382 bits per heavy atom. The zero-order valence-electron chi connectivity index (χ0n) is 47.2. The lowest BCUT2D eigenvalue weighted by Gasteiger charge is -2.21. The third kappa shape index (κ3) is 54.2. The Balaban J connectivity index is 4.95. The number of esters is 3. The summed E-state index contributed by atoms with van der Waals surface area (Å²) < 4.78 is 39.3. The highest BCUT2D eigenvalue weighted by Crippen LogP contribution is 2.43. The molecule has 0 bridgehead atoms. The molecule has 0 aromatic heterocycles. The number of ether oxygens (including phenoxy) is 3. The fourth-order valence-electron chi connectivity index (χ4n) is 6.94. The highest BCUT2D eigenvalue weighted by molar-refractivity contribution is 7.47. The SMILES string of the molecule is CC/C=C\C/C=C\C/C=C\C/C=C\C/C=C\C/C=C\CCC(=O)OCC(COP(=O)(O)OCC(CO)OC(=O)CCCCCCC/C=C\CCCCCC)OC(=O)CCC/C=C\C/C=C\C/C=C\C/C=C\C/C=C\CC. The van der Waals surface area contributed by atoms with E-state index in [9.17, 15) is 28.9 Å². The van der Waals surface area contributed by atoms with Crippen molar-refractivity contribution in [3.63, 3.8) is 0 Å². The van der Waals surface area contributed by atoms with Gasteiger partial charge in [0, 0.05) is 19.3 Å². The van der Waals surface area contributed by atoms with Gasteiger partial charge >= 0.3 is 25.7 Å². The van der Waals surface area contributed by atoms with Crippen molar-refractivity contribution < 1.29 is 52.2 Å². The number of phosphoric acid groups is 1. The first-order valence-electron chi connectivity index (χ1n) is 28.7. The largest absolute Gasteiger partial charge is 0.472 e. The Bertz CT molecular complexity index is 1830. The molecule has 11 nitrogen and oxygen atoms in total. The van der Waals surface area contributed by atoms with E-state index in [0.29, 0.717) is 25.7 Å². The standard InChI is InChI=1S/C64H101O11P/c1-4-7-10-13-16-19-22-25-27-29-30-32-33-36-38-41-44-47-50-53-62(66)71-57-61(75-64(68)55-52-49-46-43-40-37-34-31-28-26-23-20-17-14-11-8-5-2)59-73-76(69,70)72-58-60(56-65)74-63(67)54-51-48-45-42-39-35-24-21-18-15-12-9-6-3/h7-8,10-11,16-17,19-21,24-28,30,32,34,36-38,43-44,46-47,60-61,65H,4-6,9,12-15,18,22-23,29,31,33,35,39-42,45,48-59H2,1-3H3,(H,69,70)/b10-7-,11-8-,19-16-,20-17-,24-21-,27-25-,28-26-,32-30-,37-34-,38-36-,46-43-,47-44-. The van der Waals surface area contributed by atoms with E-state index in [-0.39, 0.29) is 19.3 Å². The molecule has 0 aliphatic heterocycles. The van der Waals surface area contributed by atoms with Crippen molar-refractivity contribution in [2.75, 3.05) is 26.4 Å². The average Bonchev–Trinajstić information content (AvgIpc) is 3.41. The van der Waals surface area contributed by atoms with Gasteiger partial charge in [-0.15, -0.1) is 0 Å². The second-order valence-corrected chi connectivity index (χ2v) is 19.8. The van der Waals surface area contributed by atoms with Crippen LogP contribution in [0.4, 0.5) is 0 Å². The van der Waals surface area contributed by atoms with Gasteiger partial charge in [0.1, 0.15) is 12.7 Å². The van der Waals surface area contributed by atoms with E-state index < -0.39 is 64.4 Å². The molecule has 0 heterocycles. The van der Waals surface area contributed by atoms with Crippen LogP contribution >= 0.6 is 7.82 Å². The number of aliphatic hydroxyl groups excluding tert-OH is 1. The van der Waals surface area contributed by atoms with Gasteiger partial charge in [-0.2, -0.15) is 0 Å². The van der Waals surface area contributed by atoms with Crippen LogP contribution in [-0.2, 0) is 42.2 Å². The second kappa shape index (κ2) is 56.6. The maximum atomic E-state index is 12.9. The number of carbonyl (C=O) groups is 3. The molecule has 0 aliphatic rings. The summed E-state index contributed by atoms with van der Waals surface area (Å²) in [6, 6.07) is 0. The molecule has 0 saturated heterocycles. The van der Waals surface area contributed by atoms with Crippen LogP contribution < -0.4 is 0 Å². The average molecular weight is 1080 g/mol. The minimum absolute atomic E-state index is 0.0647. The second-order valence-electron chi connectivity index (χ2n) is 18.3. The third-order valence-corrected chi connectivity index (χ3v) is 12.2. The van der Waals surface area contributed by atoms with Crippen LogP contribution in [0.5, 0.6) is 0 Å². The topological polar surface area (TPSA) is 155 Å². The van der Waals surface area contributed by atoms with Crippen LogP contribution in [0, 0.1) is 0 Å². The van der Waals surface area contributed by atoms with E-state index in [0.717, 1.165) is 109 Å². The molecule has 12 heteroatoms. The Morgan fingerprint density at radius 2 is 0.724 bits per heavy atom. The maximum Gasteiger partial charge on any atom is 0.472 e. The van der Waals surface area contributed by atoms with Crippen LogP contribution in [0.1, 0.15) is 201 Å². The molecule has 0 radical (unpaired) electrons. The molecule has 3 atom stereocenters. The normalized spacial score (nSPS) is 14.4. The summed E-state index contributed by atoms with van der Waals surface area (Å²) in [5.41, 5.74) is 0. The van der Waals surface area contributed by atoms with E-state index in [1.165, 1.54) is 25.7 Å². The lowest BCUT2D eigenvalue weighted by Crippen LogP contribution is -2.30. The first-order valence-corrected chi connectivity index (χ1v) is 30.2. The molecular formula is C64H101O11P. The maximum absolute atomic E-state index is 12.9. The van der Waals surface area contributed by atoms with Gasteiger partial charge in [0.15, 0.2) is 6.10 Å². The molecular weight excluding hydrogens is 976 g/mol. The molecule has 0 saturated carbocycles. The minimum Gasteiger partial charge on any atom is -0.462 e. The summed E-state index contributed by atoms with van der Waals surface area (Å²) in [6.07, 6.45) is 72.6. The first-order chi connectivity index (χ1) is 37.2. The number of hydrogen-bond donors (Lipinski definition) is 2. The van der Waals surface area contributed by atoms with Gasteiger partial charge in [0.2, 0.25) is 0 Å². The van der Waals surface area contributed by atoms with Crippen molar-refractivity contribution in [1.82, 2.24) is 0 Å². The fourth-order valence-corrected chi connectivity index (χ4v) is 7.72. The Kier molecular flexibility index (Phi) is 53.1. The molecule has 0 aromatic rings. The molecule has 76 heavy (non-hydrogen) atoms. The number of allylic oxidation sites excluding steroid dienone is 24. The van der Waals surface area contributed by atoms with Crippen LogP contribution in [0.15, 0.2) is 146 Å². The number of phosphoric ester groups is 1. The van der Waals surface area contributed by atoms with Crippen molar-refractivity contribution in [2.45, 2.75) is 213 Å². The van der Waals surface area contributed by atoms with Crippen molar-refractivity contribution in [2.24, 2.45) is 0 Å². The number of unbranched alkanes of at least 4 members (excludes halogenated alkanes) is 10. The molecule has 0 amide bonds. The van der Waals surface area contributed by atoms with E-state index in [1.807, 2.05) is 24.3 Å². The number of rotatable bonds is 51. The summed E-state index contributed by atoms with van der Waals surface area (Å²) in [5, 5.41) is 9.81. The van der Waals surface area contributed by atoms with Crippen molar-refractivity contribution in [1.29, 1.82) is 0 Å². The Hall–Kier alpha value is -4.64. The van der Waals surface area contributed by atoms with Gasteiger partial charge in [-0.1, -0.05) is 205 Å². The summed E-state index contributed by atoms with van der Waals surface area (Å²) in [5.74, 6) is -1.67. The van der Waals surface area contributed by atoms with E-state index in [1.54, 1.807) is 0 Å². The predicted octanol–water partition coefficient (Wildman–Crippen LogP) is 17.1. The van der Waals surface area contributed by atoms with Crippen LogP contribution in [-0.4, -0.2) is 66.5 Å². The smallest absolute Gasteiger partial charge is 0.462 e. The number of aliphatic hydroxyl groups is 1. The summed E-state index contributed by atoms with van der Waals surface area (Å²) in [4.78, 5) is 48.5. The number of carbonyl (C=O) groups excluding carboxylic acids is 3. The summed E-state index contributed by atoms with van der Waals surface area (Å²) in [6.45, 7) is 4.21. The molecule has 2 N–H and O–H groups in total. The molecule has 0 aliphatic carbocycles. The predicted molar refractivity (Wildman–Crippen MR) is 316 cm³/mol. The van der Waals surface area contributed by atoms with Crippen LogP contribution in [0.2, 0.25) is 0 Å². The molecule has 3 unspecified atom stereocenters. The highest BCUT2D eigenvalue weighted by Gasteiger charge is 2.28.